The van der Waals surface area contributed by atoms with Gasteiger partial charge in [0.15, 0.2) is 17.0 Å². The zero-order valence-electron chi connectivity index (χ0n) is 21.6. The van der Waals surface area contributed by atoms with Crippen molar-refractivity contribution in [3.63, 3.8) is 0 Å². The van der Waals surface area contributed by atoms with E-state index in [1.165, 1.54) is 23.3 Å². The molecule has 0 aliphatic heterocycles. The Morgan fingerprint density at radius 2 is 1.19 bits per heavy atom. The summed E-state index contributed by atoms with van der Waals surface area (Å²) in [5.74, 6) is -1.65. The minimum Gasteiger partial charge on any atom is -0.465 e. The van der Waals surface area contributed by atoms with E-state index in [-0.39, 0.29) is 13.0 Å². The molecule has 0 unspecified atom stereocenters. The van der Waals surface area contributed by atoms with E-state index in [1.807, 2.05) is 48.5 Å². The summed E-state index contributed by atoms with van der Waals surface area (Å²) in [6, 6.07) is 0. The molecule has 0 saturated carbocycles. The number of carbonyl (C=O) groups excluding carboxylic acids is 3. The molecule has 0 aromatic heterocycles. The van der Waals surface area contributed by atoms with Crippen LogP contribution in [0.2, 0.25) is 0 Å². The third-order valence-corrected chi connectivity index (χ3v) is 5.31. The van der Waals surface area contributed by atoms with E-state index in [0.717, 1.165) is 30.4 Å². The molecular weight excluding hydrogens is 400 g/mol. The average molecular weight is 445 g/mol. The van der Waals surface area contributed by atoms with Crippen molar-refractivity contribution in [1.29, 1.82) is 0 Å². The van der Waals surface area contributed by atoms with Crippen LogP contribution in [0.5, 0.6) is 0 Å². The van der Waals surface area contributed by atoms with Crippen LogP contribution >= 0.6 is 0 Å². The van der Waals surface area contributed by atoms with E-state index in [4.69, 9.17) is 4.74 Å². The average Bonchev–Trinajstić information content (AvgIpc) is 2.68. The van der Waals surface area contributed by atoms with E-state index in [1.54, 1.807) is 6.92 Å². The largest absolute Gasteiger partial charge is 0.465 e. The third kappa shape index (κ3) is 10.4. The quantitative estimate of drug-likeness (QED) is 0.115. The summed E-state index contributed by atoms with van der Waals surface area (Å²) in [4.78, 5) is 40.0. The topological polar surface area (TPSA) is 60.4 Å². The molecule has 0 aliphatic carbocycles. The smallest absolute Gasteiger partial charge is 0.328 e. The molecule has 0 bridgehead atoms. The van der Waals surface area contributed by atoms with Gasteiger partial charge in [0.25, 0.3) is 0 Å². The maximum Gasteiger partial charge on any atom is 0.328 e. The summed E-state index contributed by atoms with van der Waals surface area (Å²) in [5.41, 5.74) is 2.35. The zero-order chi connectivity index (χ0) is 24.7. The van der Waals surface area contributed by atoms with Gasteiger partial charge in [-0.05, 0) is 92.7 Å². The van der Waals surface area contributed by atoms with Gasteiger partial charge in [-0.25, -0.2) is 0 Å². The summed E-state index contributed by atoms with van der Waals surface area (Å²) in [7, 11) is 0. The second kappa shape index (κ2) is 15.6. The van der Waals surface area contributed by atoms with Crippen LogP contribution in [-0.2, 0) is 19.1 Å². The number of carbonyl (C=O) groups is 3. The lowest BCUT2D eigenvalue weighted by Crippen LogP contribution is -2.46. The van der Waals surface area contributed by atoms with Crippen molar-refractivity contribution in [2.75, 3.05) is 6.61 Å². The van der Waals surface area contributed by atoms with Crippen LogP contribution in [0.25, 0.3) is 0 Å². The van der Waals surface area contributed by atoms with Crippen molar-refractivity contribution in [2.24, 2.45) is 5.41 Å². The molecule has 180 valence electrons. The number of hydrogen-bond donors (Lipinski definition) is 0. The molecule has 0 fully saturated rings. The SMILES string of the molecule is CCCCC(C(=O)/C=C(\C)CCC=C(C)C)(C(=O)/C=C(\C)CCC=C(C)C)C(=O)OCC. The molecular formula is C28H44O4. The van der Waals surface area contributed by atoms with Gasteiger partial charge in [-0.1, -0.05) is 54.2 Å². The molecule has 32 heavy (non-hydrogen) atoms. The molecule has 0 atom stereocenters. The van der Waals surface area contributed by atoms with Crippen molar-refractivity contribution >= 4 is 17.5 Å². The highest BCUT2D eigenvalue weighted by Gasteiger charge is 2.51. The van der Waals surface area contributed by atoms with Gasteiger partial charge in [0.05, 0.1) is 6.61 Å². The van der Waals surface area contributed by atoms with E-state index < -0.39 is 23.0 Å². The van der Waals surface area contributed by atoms with Gasteiger partial charge in [-0.15, -0.1) is 0 Å². The summed E-state index contributed by atoms with van der Waals surface area (Å²) < 4.78 is 5.28. The van der Waals surface area contributed by atoms with Crippen LogP contribution in [0.3, 0.4) is 0 Å². The summed E-state index contributed by atoms with van der Waals surface area (Å²) in [5, 5.41) is 0. The summed E-state index contributed by atoms with van der Waals surface area (Å²) in [6.07, 6.45) is 11.8. The maximum atomic E-state index is 13.5. The van der Waals surface area contributed by atoms with Gasteiger partial charge in [0.1, 0.15) is 0 Å². The standard InChI is InChI=1S/C28H44O4/c1-9-11-18-28(27(31)32-10-2,25(29)19-23(7)16-12-14-21(3)4)26(30)20-24(8)17-13-15-22(5)6/h14-15,19-20H,9-13,16-18H2,1-8H3/b23-19+,24-20+. The highest BCUT2D eigenvalue weighted by atomic mass is 16.5. The molecule has 4 nitrogen and oxygen atoms in total. The Labute approximate surface area is 195 Å². The van der Waals surface area contributed by atoms with Crippen molar-refractivity contribution in [3.8, 4) is 0 Å². The van der Waals surface area contributed by atoms with E-state index in [0.29, 0.717) is 19.3 Å². The lowest BCUT2D eigenvalue weighted by Gasteiger charge is -2.27. The number of hydrogen-bond acceptors (Lipinski definition) is 4. The number of rotatable bonds is 15. The normalized spacial score (nSPS) is 12.2. The summed E-state index contributed by atoms with van der Waals surface area (Å²) in [6.45, 7) is 15.7. The Morgan fingerprint density at radius 1 is 0.750 bits per heavy atom. The van der Waals surface area contributed by atoms with Gasteiger partial charge in [0, 0.05) is 0 Å². The Hall–Kier alpha value is -2.23. The van der Waals surface area contributed by atoms with Gasteiger partial charge in [-0.2, -0.15) is 0 Å². The lowest BCUT2D eigenvalue weighted by molar-refractivity contribution is -0.162. The Balaban J connectivity index is 6.11. The Bertz CT molecular complexity index is 704. The number of unbranched alkanes of at least 4 members (excludes halogenated alkanes) is 1. The number of allylic oxidation sites excluding steroid dienone is 8. The minimum atomic E-state index is -1.80. The van der Waals surface area contributed by atoms with Crippen LogP contribution in [-0.4, -0.2) is 24.1 Å². The van der Waals surface area contributed by atoms with Crippen LogP contribution in [0, 0.1) is 5.41 Å². The zero-order valence-corrected chi connectivity index (χ0v) is 21.6. The molecule has 0 radical (unpaired) electrons. The molecule has 0 saturated heterocycles. The fourth-order valence-electron chi connectivity index (χ4n) is 3.38. The molecule has 0 aromatic rings. The van der Waals surface area contributed by atoms with Crippen LogP contribution in [0.15, 0.2) is 46.6 Å². The lowest BCUT2D eigenvalue weighted by atomic mass is 9.73. The first-order valence-corrected chi connectivity index (χ1v) is 11.9. The monoisotopic (exact) mass is 444 g/mol. The predicted octanol–water partition coefficient (Wildman–Crippen LogP) is 7.25. The predicted molar refractivity (Wildman–Crippen MR) is 133 cm³/mol. The van der Waals surface area contributed by atoms with Gasteiger partial charge < -0.3 is 4.74 Å². The molecule has 0 rings (SSSR count). The van der Waals surface area contributed by atoms with Crippen LogP contribution in [0.1, 0.15) is 100 Å². The maximum absolute atomic E-state index is 13.5. The van der Waals surface area contributed by atoms with Gasteiger partial charge in [-0.3, -0.25) is 14.4 Å². The highest BCUT2D eigenvalue weighted by Crippen LogP contribution is 2.32. The highest BCUT2D eigenvalue weighted by molar-refractivity contribution is 6.28. The van der Waals surface area contributed by atoms with Crippen LogP contribution in [0.4, 0.5) is 0 Å². The van der Waals surface area contributed by atoms with E-state index in [2.05, 4.69) is 12.2 Å². The third-order valence-electron chi connectivity index (χ3n) is 5.31. The van der Waals surface area contributed by atoms with Gasteiger partial charge in [0.2, 0.25) is 0 Å². The van der Waals surface area contributed by atoms with Crippen molar-refractivity contribution in [1.82, 2.24) is 0 Å². The summed E-state index contributed by atoms with van der Waals surface area (Å²) >= 11 is 0. The molecule has 0 aliphatic rings. The molecule has 0 spiro atoms. The molecule has 0 heterocycles. The van der Waals surface area contributed by atoms with Crippen molar-refractivity contribution in [2.45, 2.75) is 100 Å². The minimum absolute atomic E-state index is 0.125. The Kier molecular flexibility index (Phi) is 14.5. The van der Waals surface area contributed by atoms with Crippen LogP contribution < -0.4 is 0 Å². The van der Waals surface area contributed by atoms with Gasteiger partial charge >= 0.3 is 5.97 Å². The first kappa shape index (κ1) is 29.8. The molecule has 0 aromatic carbocycles. The Morgan fingerprint density at radius 3 is 1.53 bits per heavy atom. The number of esters is 1. The molecule has 4 heteroatoms. The second-order valence-electron chi connectivity index (χ2n) is 9.08. The van der Waals surface area contributed by atoms with Crippen molar-refractivity contribution < 1.29 is 19.1 Å². The van der Waals surface area contributed by atoms with E-state index >= 15 is 0 Å². The number of ketones is 2. The number of ether oxygens (including phenoxy) is 1. The fraction of sp³-hybridized carbons (Fsp3) is 0.607. The molecule has 0 N–H and O–H groups in total. The van der Waals surface area contributed by atoms with Crippen molar-refractivity contribution in [3.05, 3.63) is 46.6 Å². The first-order valence-electron chi connectivity index (χ1n) is 11.9. The molecule has 0 amide bonds. The van der Waals surface area contributed by atoms with E-state index in [9.17, 15) is 14.4 Å². The second-order valence-corrected chi connectivity index (χ2v) is 9.08. The fourth-order valence-corrected chi connectivity index (χ4v) is 3.38. The first-order chi connectivity index (χ1) is 15.0.